The molecule has 0 aliphatic carbocycles. The molecule has 1 amide bonds. The van der Waals surface area contributed by atoms with Crippen LogP contribution in [0.5, 0.6) is 0 Å². The lowest BCUT2D eigenvalue weighted by Gasteiger charge is -2.22. The summed E-state index contributed by atoms with van der Waals surface area (Å²) in [4.78, 5) is 36.3. The molecule has 0 aromatic heterocycles. The van der Waals surface area contributed by atoms with E-state index in [4.69, 9.17) is 0 Å². The molecule has 2 rings (SSSR count). The van der Waals surface area contributed by atoms with Gasteiger partial charge in [-0.15, -0.1) is 0 Å². The first-order valence-corrected chi connectivity index (χ1v) is 8.42. The number of carboxylic acid groups (broad SMARTS) is 1. The molecule has 2 atom stereocenters. The molecule has 8 heteroatoms. The zero-order valence-electron chi connectivity index (χ0n) is 14.4. The van der Waals surface area contributed by atoms with Crippen molar-refractivity contribution < 1.29 is 19.6 Å². The summed E-state index contributed by atoms with van der Waals surface area (Å²) in [6, 6.07) is 3.25. The molecule has 1 fully saturated rings. The van der Waals surface area contributed by atoms with Crippen LogP contribution in [0.2, 0.25) is 0 Å². The van der Waals surface area contributed by atoms with Gasteiger partial charge >= 0.3 is 5.97 Å². The molecule has 0 spiro atoms. The normalized spacial score (nSPS) is 16.3. The molecule has 0 unspecified atom stereocenters. The monoisotopic (exact) mass is 349 g/mol. The molecule has 0 bridgehead atoms. The zero-order chi connectivity index (χ0) is 18.6. The number of likely N-dealkylation sites (tertiary alicyclic amines) is 1. The highest BCUT2D eigenvalue weighted by Crippen LogP contribution is 2.27. The average molecular weight is 349 g/mol. The van der Waals surface area contributed by atoms with Crippen molar-refractivity contribution in [2.24, 2.45) is 5.92 Å². The molecule has 1 aromatic carbocycles. The molecule has 0 saturated carbocycles. The second-order valence-electron chi connectivity index (χ2n) is 6.33. The number of carbonyl (C=O) groups excluding carboxylic acids is 1. The first-order valence-electron chi connectivity index (χ1n) is 8.42. The number of carbonyl (C=O) groups is 2. The smallest absolute Gasteiger partial charge is 0.326 e. The van der Waals surface area contributed by atoms with Crippen LogP contribution in [0.4, 0.5) is 11.4 Å². The van der Waals surface area contributed by atoms with Gasteiger partial charge < -0.3 is 15.3 Å². The summed E-state index contributed by atoms with van der Waals surface area (Å²) in [5, 5.41) is 23.5. The van der Waals surface area contributed by atoms with Crippen LogP contribution in [0, 0.1) is 16.0 Å². The van der Waals surface area contributed by atoms with Crippen LogP contribution in [0.3, 0.4) is 0 Å². The number of amides is 1. The quantitative estimate of drug-likeness (QED) is 0.578. The van der Waals surface area contributed by atoms with E-state index < -0.39 is 16.9 Å². The molecular weight excluding hydrogens is 326 g/mol. The van der Waals surface area contributed by atoms with Crippen molar-refractivity contribution >= 4 is 23.3 Å². The van der Waals surface area contributed by atoms with Gasteiger partial charge in [0.2, 0.25) is 0 Å². The molecule has 2 N–H and O–H groups in total. The fourth-order valence-corrected chi connectivity index (χ4v) is 2.91. The fourth-order valence-electron chi connectivity index (χ4n) is 2.91. The standard InChI is InChI=1S/C17H23N3O5/c1-3-11(2)15(17(22)23)18-12-6-7-14(20(24)25)13(10-12)16(21)19-8-4-5-9-19/h6-7,10-11,15,18H,3-5,8-9H2,1-2H3,(H,22,23)/t11-,15-/m0/s1. The van der Waals surface area contributed by atoms with E-state index in [0.717, 1.165) is 12.8 Å². The number of nitro benzene ring substituents is 1. The van der Waals surface area contributed by atoms with Gasteiger partial charge in [-0.25, -0.2) is 4.79 Å². The van der Waals surface area contributed by atoms with Crippen LogP contribution in [0.25, 0.3) is 0 Å². The van der Waals surface area contributed by atoms with Crippen molar-refractivity contribution in [3.8, 4) is 0 Å². The van der Waals surface area contributed by atoms with Gasteiger partial charge in [-0.1, -0.05) is 20.3 Å². The zero-order valence-corrected chi connectivity index (χ0v) is 14.4. The van der Waals surface area contributed by atoms with Gasteiger partial charge in [-0.2, -0.15) is 0 Å². The van der Waals surface area contributed by atoms with E-state index in [9.17, 15) is 24.8 Å². The molecular formula is C17H23N3O5. The van der Waals surface area contributed by atoms with Crippen molar-refractivity contribution in [3.05, 3.63) is 33.9 Å². The van der Waals surface area contributed by atoms with Crippen LogP contribution in [0.15, 0.2) is 18.2 Å². The van der Waals surface area contributed by atoms with Crippen molar-refractivity contribution in [1.29, 1.82) is 0 Å². The number of carboxylic acids is 1. The maximum Gasteiger partial charge on any atom is 0.326 e. The summed E-state index contributed by atoms with van der Waals surface area (Å²) in [6.07, 6.45) is 2.43. The minimum absolute atomic E-state index is 0.00908. The third-order valence-electron chi connectivity index (χ3n) is 4.62. The van der Waals surface area contributed by atoms with Gasteiger partial charge in [-0.05, 0) is 30.9 Å². The number of aliphatic carboxylic acids is 1. The van der Waals surface area contributed by atoms with Crippen LogP contribution in [-0.2, 0) is 4.79 Å². The lowest BCUT2D eigenvalue weighted by molar-refractivity contribution is -0.385. The van der Waals surface area contributed by atoms with E-state index in [1.165, 1.54) is 18.2 Å². The maximum atomic E-state index is 12.6. The molecule has 1 heterocycles. The van der Waals surface area contributed by atoms with Gasteiger partial charge in [0.05, 0.1) is 4.92 Å². The number of hydrogen-bond donors (Lipinski definition) is 2. The molecule has 1 aliphatic rings. The van der Waals surface area contributed by atoms with Crippen molar-refractivity contribution in [2.75, 3.05) is 18.4 Å². The van der Waals surface area contributed by atoms with Crippen molar-refractivity contribution in [1.82, 2.24) is 4.90 Å². The minimum Gasteiger partial charge on any atom is -0.480 e. The van der Waals surface area contributed by atoms with E-state index in [0.29, 0.717) is 25.2 Å². The van der Waals surface area contributed by atoms with Crippen molar-refractivity contribution in [3.63, 3.8) is 0 Å². The van der Waals surface area contributed by atoms with E-state index in [1.807, 2.05) is 13.8 Å². The van der Waals surface area contributed by atoms with Crippen LogP contribution >= 0.6 is 0 Å². The molecule has 136 valence electrons. The van der Waals surface area contributed by atoms with Gasteiger partial charge in [0, 0.05) is 24.8 Å². The Hall–Kier alpha value is -2.64. The highest BCUT2D eigenvalue weighted by molar-refractivity contribution is 5.99. The van der Waals surface area contributed by atoms with Gasteiger partial charge in [-0.3, -0.25) is 14.9 Å². The lowest BCUT2D eigenvalue weighted by atomic mass is 9.98. The molecule has 25 heavy (non-hydrogen) atoms. The summed E-state index contributed by atoms with van der Waals surface area (Å²) in [5.41, 5.74) is 0.115. The van der Waals surface area contributed by atoms with E-state index in [-0.39, 0.29) is 23.1 Å². The Labute approximate surface area is 146 Å². The summed E-state index contributed by atoms with van der Waals surface area (Å²) >= 11 is 0. The number of nitro groups is 1. The highest BCUT2D eigenvalue weighted by Gasteiger charge is 2.28. The Morgan fingerprint density at radius 3 is 2.52 bits per heavy atom. The van der Waals surface area contributed by atoms with Gasteiger partial charge in [0.25, 0.3) is 11.6 Å². The third kappa shape index (κ3) is 4.26. The molecule has 8 nitrogen and oxygen atoms in total. The number of hydrogen-bond acceptors (Lipinski definition) is 5. The summed E-state index contributed by atoms with van der Waals surface area (Å²) in [6.45, 7) is 4.87. The Bertz CT molecular complexity index is 670. The number of nitrogens with zero attached hydrogens (tertiary/aromatic N) is 2. The second-order valence-corrected chi connectivity index (χ2v) is 6.33. The lowest BCUT2D eigenvalue weighted by Crippen LogP contribution is -2.35. The first kappa shape index (κ1) is 18.7. The molecule has 1 aliphatic heterocycles. The second kappa shape index (κ2) is 7.96. The Balaban J connectivity index is 2.34. The summed E-state index contributed by atoms with van der Waals surface area (Å²) < 4.78 is 0. The van der Waals surface area contributed by atoms with Crippen LogP contribution < -0.4 is 5.32 Å². The Morgan fingerprint density at radius 1 is 1.36 bits per heavy atom. The SMILES string of the molecule is CC[C@H](C)[C@H](Nc1ccc([N+](=O)[O-])c(C(=O)N2CCCC2)c1)C(=O)O. The molecule has 0 radical (unpaired) electrons. The number of benzene rings is 1. The molecule has 1 saturated heterocycles. The maximum absolute atomic E-state index is 12.6. The average Bonchev–Trinajstić information content (AvgIpc) is 3.12. The minimum atomic E-state index is -1.000. The fraction of sp³-hybridized carbons (Fsp3) is 0.529. The highest BCUT2D eigenvalue weighted by atomic mass is 16.6. The van der Waals surface area contributed by atoms with Gasteiger partial charge in [0.1, 0.15) is 11.6 Å². The summed E-state index contributed by atoms with van der Waals surface area (Å²) in [7, 11) is 0. The first-order chi connectivity index (χ1) is 11.8. The number of nitrogens with one attached hydrogen (secondary N) is 1. The van der Waals surface area contributed by atoms with Gasteiger partial charge in [0.15, 0.2) is 0 Å². The predicted octanol–water partition coefficient (Wildman–Crippen LogP) is 2.74. The predicted molar refractivity (Wildman–Crippen MR) is 92.7 cm³/mol. The third-order valence-corrected chi connectivity index (χ3v) is 4.62. The van der Waals surface area contributed by atoms with Crippen LogP contribution in [-0.4, -0.2) is 45.9 Å². The molecule has 1 aromatic rings. The van der Waals surface area contributed by atoms with E-state index >= 15 is 0 Å². The topological polar surface area (TPSA) is 113 Å². The van der Waals surface area contributed by atoms with E-state index in [2.05, 4.69) is 5.32 Å². The van der Waals surface area contributed by atoms with Crippen LogP contribution in [0.1, 0.15) is 43.5 Å². The number of anilines is 1. The Kier molecular flexibility index (Phi) is 5.95. The largest absolute Gasteiger partial charge is 0.480 e. The number of rotatable bonds is 7. The van der Waals surface area contributed by atoms with E-state index in [1.54, 1.807) is 4.90 Å². The Morgan fingerprint density at radius 2 is 2.00 bits per heavy atom. The van der Waals surface area contributed by atoms with Crippen molar-refractivity contribution in [2.45, 2.75) is 39.2 Å². The summed E-state index contributed by atoms with van der Waals surface area (Å²) in [5.74, 6) is -1.52.